The zero-order chi connectivity index (χ0) is 20.1. The fourth-order valence-corrected chi connectivity index (χ4v) is 3.14. The van der Waals surface area contributed by atoms with E-state index in [1.54, 1.807) is 7.11 Å². The number of hydrogen-bond donors (Lipinski definition) is 1. The van der Waals surface area contributed by atoms with Crippen LogP contribution in [0.25, 0.3) is 0 Å². The van der Waals surface area contributed by atoms with Gasteiger partial charge < -0.3 is 24.3 Å². The number of fused-ring (bicyclic) bond motifs is 1. The van der Waals surface area contributed by atoms with E-state index in [0.717, 1.165) is 39.8 Å². The van der Waals surface area contributed by atoms with Crippen molar-refractivity contribution in [2.45, 2.75) is 20.1 Å². The van der Waals surface area contributed by atoms with Crippen molar-refractivity contribution in [3.8, 4) is 23.0 Å². The zero-order valence-electron chi connectivity index (χ0n) is 16.7. The largest absolute Gasteiger partial charge is 0.493 e. The van der Waals surface area contributed by atoms with E-state index in [1.165, 1.54) is 5.56 Å². The molecule has 5 nitrogen and oxygen atoms in total. The number of anilines is 1. The van der Waals surface area contributed by atoms with Gasteiger partial charge in [-0.25, -0.2) is 0 Å². The quantitative estimate of drug-likeness (QED) is 0.616. The van der Waals surface area contributed by atoms with Gasteiger partial charge in [0, 0.05) is 18.3 Å². The first-order chi connectivity index (χ1) is 14.2. The standard InChI is InChI=1S/C24H25NO4/c1-17-3-5-18(6-4-17)16-29-21-9-7-19(13-23(21)26-2)15-25-20-8-10-22-24(14-20)28-12-11-27-22/h3-10,13-14,25H,11-12,15-16H2,1-2H3. The van der Waals surface area contributed by atoms with E-state index >= 15 is 0 Å². The Morgan fingerprint density at radius 2 is 1.59 bits per heavy atom. The maximum Gasteiger partial charge on any atom is 0.163 e. The summed E-state index contributed by atoms with van der Waals surface area (Å²) in [5.74, 6) is 3.02. The summed E-state index contributed by atoms with van der Waals surface area (Å²) in [5.41, 5.74) is 4.44. The predicted molar refractivity (Wildman–Crippen MR) is 113 cm³/mol. The predicted octanol–water partition coefficient (Wildman–Crippen LogP) is 4.97. The number of benzene rings is 3. The van der Waals surface area contributed by atoms with Crippen LogP contribution in [0.1, 0.15) is 16.7 Å². The third-order valence-electron chi connectivity index (χ3n) is 4.78. The van der Waals surface area contributed by atoms with E-state index in [-0.39, 0.29) is 0 Å². The van der Waals surface area contributed by atoms with Crippen molar-refractivity contribution in [3.05, 3.63) is 77.4 Å². The molecule has 1 heterocycles. The average Bonchev–Trinajstić information content (AvgIpc) is 2.77. The fraction of sp³-hybridized carbons (Fsp3) is 0.250. The highest BCUT2D eigenvalue weighted by atomic mass is 16.6. The van der Waals surface area contributed by atoms with Crippen molar-refractivity contribution >= 4 is 5.69 Å². The topological polar surface area (TPSA) is 49.0 Å². The minimum Gasteiger partial charge on any atom is -0.493 e. The second-order valence-electron chi connectivity index (χ2n) is 6.97. The summed E-state index contributed by atoms with van der Waals surface area (Å²) in [5, 5.41) is 3.41. The lowest BCUT2D eigenvalue weighted by Gasteiger charge is -2.19. The summed E-state index contributed by atoms with van der Waals surface area (Å²) in [6, 6.07) is 20.2. The molecule has 3 aromatic carbocycles. The molecule has 0 fully saturated rings. The van der Waals surface area contributed by atoms with E-state index in [1.807, 2.05) is 36.4 Å². The van der Waals surface area contributed by atoms with E-state index in [2.05, 4.69) is 36.5 Å². The molecule has 0 saturated heterocycles. The molecule has 0 amide bonds. The molecule has 0 aromatic heterocycles. The molecule has 0 spiro atoms. The maximum atomic E-state index is 5.96. The minimum absolute atomic E-state index is 0.505. The Balaban J connectivity index is 1.39. The number of aryl methyl sites for hydroxylation is 1. The monoisotopic (exact) mass is 391 g/mol. The average molecular weight is 391 g/mol. The van der Waals surface area contributed by atoms with Crippen molar-refractivity contribution in [1.82, 2.24) is 0 Å². The van der Waals surface area contributed by atoms with Gasteiger partial charge in [-0.1, -0.05) is 35.9 Å². The van der Waals surface area contributed by atoms with E-state index in [9.17, 15) is 0 Å². The molecule has 0 radical (unpaired) electrons. The van der Waals surface area contributed by atoms with Crippen LogP contribution in [0.3, 0.4) is 0 Å². The Morgan fingerprint density at radius 3 is 2.38 bits per heavy atom. The lowest BCUT2D eigenvalue weighted by molar-refractivity contribution is 0.171. The molecule has 1 N–H and O–H groups in total. The first-order valence-electron chi connectivity index (χ1n) is 9.70. The highest BCUT2D eigenvalue weighted by Crippen LogP contribution is 2.33. The van der Waals surface area contributed by atoms with E-state index in [0.29, 0.717) is 26.4 Å². The third-order valence-corrected chi connectivity index (χ3v) is 4.78. The van der Waals surface area contributed by atoms with Crippen LogP contribution >= 0.6 is 0 Å². The highest BCUT2D eigenvalue weighted by molar-refractivity contribution is 5.55. The molecule has 3 aromatic rings. The molecule has 0 saturated carbocycles. The molecule has 0 unspecified atom stereocenters. The van der Waals surface area contributed by atoms with Crippen molar-refractivity contribution in [2.24, 2.45) is 0 Å². The second kappa shape index (κ2) is 8.78. The number of methoxy groups -OCH3 is 1. The van der Waals surface area contributed by atoms with Crippen LogP contribution in [-0.4, -0.2) is 20.3 Å². The molecule has 0 aliphatic carbocycles. The van der Waals surface area contributed by atoms with Crippen molar-refractivity contribution in [2.75, 3.05) is 25.6 Å². The zero-order valence-corrected chi connectivity index (χ0v) is 16.7. The maximum absolute atomic E-state index is 5.96. The summed E-state index contributed by atoms with van der Waals surface area (Å²) in [7, 11) is 1.66. The summed E-state index contributed by atoms with van der Waals surface area (Å²) < 4.78 is 22.7. The van der Waals surface area contributed by atoms with Crippen molar-refractivity contribution in [1.29, 1.82) is 0 Å². The Kier molecular flexibility index (Phi) is 5.75. The van der Waals surface area contributed by atoms with Gasteiger partial charge in [-0.3, -0.25) is 0 Å². The van der Waals surface area contributed by atoms with Gasteiger partial charge in [0.2, 0.25) is 0 Å². The molecule has 150 valence electrons. The fourth-order valence-electron chi connectivity index (χ4n) is 3.14. The normalized spacial score (nSPS) is 12.3. The minimum atomic E-state index is 0.505. The van der Waals surface area contributed by atoms with Crippen LogP contribution in [-0.2, 0) is 13.2 Å². The lowest BCUT2D eigenvalue weighted by Crippen LogP contribution is -2.15. The third kappa shape index (κ3) is 4.74. The Labute approximate surface area is 171 Å². The van der Waals surface area contributed by atoms with E-state index < -0.39 is 0 Å². The van der Waals surface area contributed by atoms with Crippen molar-refractivity contribution < 1.29 is 18.9 Å². The molecule has 1 aliphatic heterocycles. The SMILES string of the molecule is COc1cc(CNc2ccc3c(c2)OCCO3)ccc1OCc1ccc(C)cc1. The van der Waals surface area contributed by atoms with Gasteiger partial charge >= 0.3 is 0 Å². The lowest BCUT2D eigenvalue weighted by atomic mass is 10.1. The van der Waals surface area contributed by atoms with Gasteiger partial charge in [0.1, 0.15) is 19.8 Å². The smallest absolute Gasteiger partial charge is 0.163 e. The number of rotatable bonds is 7. The van der Waals surface area contributed by atoms with Gasteiger partial charge in [-0.05, 0) is 42.3 Å². The number of ether oxygens (including phenoxy) is 4. The second-order valence-corrected chi connectivity index (χ2v) is 6.97. The molecule has 1 aliphatic rings. The van der Waals surface area contributed by atoms with Gasteiger partial charge in [0.25, 0.3) is 0 Å². The Morgan fingerprint density at radius 1 is 0.828 bits per heavy atom. The van der Waals surface area contributed by atoms with Crippen LogP contribution < -0.4 is 24.3 Å². The highest BCUT2D eigenvalue weighted by Gasteiger charge is 2.12. The molecule has 5 heteroatoms. The molecular weight excluding hydrogens is 366 g/mol. The van der Waals surface area contributed by atoms with Crippen LogP contribution in [0.5, 0.6) is 23.0 Å². The first-order valence-corrected chi connectivity index (χ1v) is 9.70. The van der Waals surface area contributed by atoms with Crippen LogP contribution in [0.4, 0.5) is 5.69 Å². The van der Waals surface area contributed by atoms with Gasteiger partial charge in [-0.15, -0.1) is 0 Å². The Bertz CT molecular complexity index is 969. The molecule has 0 bridgehead atoms. The molecule has 0 atom stereocenters. The van der Waals surface area contributed by atoms with Crippen molar-refractivity contribution in [3.63, 3.8) is 0 Å². The Hall–Kier alpha value is -3.34. The summed E-state index contributed by atoms with van der Waals surface area (Å²) in [4.78, 5) is 0. The van der Waals surface area contributed by atoms with E-state index in [4.69, 9.17) is 18.9 Å². The van der Waals surface area contributed by atoms with Gasteiger partial charge in [-0.2, -0.15) is 0 Å². The summed E-state index contributed by atoms with van der Waals surface area (Å²) in [6.07, 6.45) is 0. The van der Waals surface area contributed by atoms with Crippen LogP contribution in [0.15, 0.2) is 60.7 Å². The van der Waals surface area contributed by atoms with Crippen LogP contribution in [0, 0.1) is 6.92 Å². The number of hydrogen-bond acceptors (Lipinski definition) is 5. The van der Waals surface area contributed by atoms with Gasteiger partial charge in [0.05, 0.1) is 7.11 Å². The van der Waals surface area contributed by atoms with Gasteiger partial charge in [0.15, 0.2) is 23.0 Å². The first kappa shape index (κ1) is 19.0. The molecule has 4 rings (SSSR count). The summed E-state index contributed by atoms with van der Waals surface area (Å²) in [6.45, 7) is 4.42. The summed E-state index contributed by atoms with van der Waals surface area (Å²) >= 11 is 0. The molecule has 29 heavy (non-hydrogen) atoms. The molecular formula is C24H25NO4. The number of nitrogens with one attached hydrogen (secondary N) is 1. The van der Waals surface area contributed by atoms with Crippen LogP contribution in [0.2, 0.25) is 0 Å².